The van der Waals surface area contributed by atoms with Crippen molar-refractivity contribution in [1.29, 1.82) is 5.41 Å². The van der Waals surface area contributed by atoms with Gasteiger partial charge in [-0.25, -0.2) is 0 Å². The van der Waals surface area contributed by atoms with Gasteiger partial charge in [0.25, 0.3) is 5.91 Å². The van der Waals surface area contributed by atoms with Crippen molar-refractivity contribution in [2.45, 2.75) is 6.92 Å². The average molecular weight is 430 g/mol. The van der Waals surface area contributed by atoms with Gasteiger partial charge in [-0.05, 0) is 43.0 Å². The Bertz CT molecular complexity index is 1130. The van der Waals surface area contributed by atoms with Crippen LogP contribution in [0.4, 0.5) is 0 Å². The van der Waals surface area contributed by atoms with Crippen LogP contribution in [-0.2, 0) is 4.79 Å². The van der Waals surface area contributed by atoms with Gasteiger partial charge in [0.15, 0.2) is 5.84 Å². The molecular formula is C19H16ClN5O3S. The molecule has 0 bridgehead atoms. The van der Waals surface area contributed by atoms with E-state index in [0.717, 1.165) is 5.04 Å². The van der Waals surface area contributed by atoms with Gasteiger partial charge in [-0.3, -0.25) is 10.2 Å². The number of benzene rings is 1. The minimum Gasteiger partial charge on any atom is -0.495 e. The van der Waals surface area contributed by atoms with Crippen LogP contribution in [0, 0.1) is 5.41 Å². The van der Waals surface area contributed by atoms with Crippen LogP contribution in [0.25, 0.3) is 11.8 Å². The number of hydrogen-bond acceptors (Lipinski definition) is 6. The zero-order chi connectivity index (χ0) is 20.7. The summed E-state index contributed by atoms with van der Waals surface area (Å²) in [5.74, 6) is 0.539. The molecule has 10 heteroatoms. The first-order valence-corrected chi connectivity index (χ1v) is 9.68. The highest BCUT2D eigenvalue weighted by Gasteiger charge is 2.34. The van der Waals surface area contributed by atoms with Gasteiger partial charge < -0.3 is 14.0 Å². The highest BCUT2D eigenvalue weighted by atomic mass is 35.5. The SMILES string of the molecule is COc1cc(OC)c(-n2cccc2/C=C2\C(=N)N3N=C(C)SC3=NC2=O)cc1Cl. The second kappa shape index (κ2) is 7.41. The van der Waals surface area contributed by atoms with E-state index in [1.807, 2.05) is 22.9 Å². The molecule has 3 heterocycles. The molecule has 8 nitrogen and oxygen atoms in total. The summed E-state index contributed by atoms with van der Waals surface area (Å²) in [7, 11) is 3.08. The maximum atomic E-state index is 12.5. The maximum absolute atomic E-state index is 12.5. The molecule has 4 rings (SSSR count). The Morgan fingerprint density at radius 2 is 2.00 bits per heavy atom. The largest absolute Gasteiger partial charge is 0.495 e. The first-order valence-electron chi connectivity index (χ1n) is 8.49. The number of methoxy groups -OCH3 is 2. The van der Waals surface area contributed by atoms with E-state index in [-0.39, 0.29) is 11.4 Å². The van der Waals surface area contributed by atoms with Crippen LogP contribution in [0.3, 0.4) is 0 Å². The summed E-state index contributed by atoms with van der Waals surface area (Å²) in [6.07, 6.45) is 3.42. The Balaban J connectivity index is 1.79. The zero-order valence-electron chi connectivity index (χ0n) is 15.8. The molecule has 0 aliphatic carbocycles. The van der Waals surface area contributed by atoms with Crippen LogP contribution in [0.1, 0.15) is 12.6 Å². The van der Waals surface area contributed by atoms with E-state index in [0.29, 0.717) is 33.1 Å². The molecule has 2 aliphatic heterocycles. The summed E-state index contributed by atoms with van der Waals surface area (Å²) in [6, 6.07) is 7.05. The minimum atomic E-state index is -0.480. The van der Waals surface area contributed by atoms with Crippen molar-refractivity contribution in [3.8, 4) is 17.2 Å². The molecule has 1 aromatic carbocycles. The lowest BCUT2D eigenvalue weighted by molar-refractivity contribution is -0.114. The fourth-order valence-corrected chi connectivity index (χ4v) is 3.97. The number of halogens is 1. The summed E-state index contributed by atoms with van der Waals surface area (Å²) in [6.45, 7) is 1.80. The Morgan fingerprint density at radius 1 is 1.24 bits per heavy atom. The van der Waals surface area contributed by atoms with Gasteiger partial charge in [-0.1, -0.05) is 11.6 Å². The molecule has 2 aliphatic rings. The highest BCUT2D eigenvalue weighted by molar-refractivity contribution is 8.26. The molecule has 0 saturated heterocycles. The van der Waals surface area contributed by atoms with Crippen molar-refractivity contribution >= 4 is 51.4 Å². The summed E-state index contributed by atoms with van der Waals surface area (Å²) in [4.78, 5) is 16.6. The third-order valence-corrected chi connectivity index (χ3v) is 5.46. The fourth-order valence-electron chi connectivity index (χ4n) is 3.00. The molecule has 29 heavy (non-hydrogen) atoms. The number of aromatic nitrogens is 1. The van der Waals surface area contributed by atoms with E-state index in [1.54, 1.807) is 32.2 Å². The molecule has 1 aromatic heterocycles. The molecule has 0 unspecified atom stereocenters. The number of fused-ring (bicyclic) bond motifs is 1. The molecule has 148 valence electrons. The van der Waals surface area contributed by atoms with Crippen LogP contribution in [-0.4, -0.2) is 45.7 Å². The number of aliphatic imine (C=N–C) groups is 1. The second-order valence-electron chi connectivity index (χ2n) is 6.10. The summed E-state index contributed by atoms with van der Waals surface area (Å²) >= 11 is 7.57. The summed E-state index contributed by atoms with van der Waals surface area (Å²) in [5.41, 5.74) is 1.47. The van der Waals surface area contributed by atoms with Gasteiger partial charge in [-0.15, -0.1) is 0 Å². The first-order chi connectivity index (χ1) is 13.9. The van der Waals surface area contributed by atoms with Crippen LogP contribution < -0.4 is 9.47 Å². The number of nitrogens with one attached hydrogen (secondary N) is 1. The van der Waals surface area contributed by atoms with Gasteiger partial charge in [0.2, 0.25) is 5.17 Å². The van der Waals surface area contributed by atoms with E-state index < -0.39 is 5.91 Å². The lowest BCUT2D eigenvalue weighted by atomic mass is 10.1. The number of thioether (sulfide) groups is 1. The number of amidine groups is 2. The second-order valence-corrected chi connectivity index (χ2v) is 7.67. The summed E-state index contributed by atoms with van der Waals surface area (Å²) in [5, 5.41) is 15.6. The standard InChI is InChI=1S/C19H16ClN5O3S/c1-10-23-25-17(21)12(18(26)22-19(25)29-10)7-11-5-4-6-24(11)14-8-13(20)15(27-2)9-16(14)28-3/h4-9,21H,1-3H3/b12-7+,21-17?. The lowest BCUT2D eigenvalue weighted by Crippen LogP contribution is -2.35. The highest BCUT2D eigenvalue weighted by Crippen LogP contribution is 2.36. The quantitative estimate of drug-likeness (QED) is 0.746. The normalized spacial score (nSPS) is 17.4. The third kappa shape index (κ3) is 3.32. The average Bonchev–Trinajstić information content (AvgIpc) is 3.30. The predicted octanol–water partition coefficient (Wildman–Crippen LogP) is 3.79. The number of nitrogens with zero attached hydrogens (tertiary/aromatic N) is 4. The monoisotopic (exact) mass is 429 g/mol. The van der Waals surface area contributed by atoms with Crippen LogP contribution >= 0.6 is 23.4 Å². The van der Waals surface area contributed by atoms with Crippen LogP contribution in [0.5, 0.6) is 11.5 Å². The number of carbonyl (C=O) groups excluding carboxylic acids is 1. The van der Waals surface area contributed by atoms with Gasteiger partial charge in [0, 0.05) is 18.0 Å². The zero-order valence-corrected chi connectivity index (χ0v) is 17.3. The maximum Gasteiger partial charge on any atom is 0.283 e. The number of carbonyl (C=O) groups is 1. The van der Waals surface area contributed by atoms with Crippen molar-refractivity contribution in [2.75, 3.05) is 14.2 Å². The van der Waals surface area contributed by atoms with E-state index in [9.17, 15) is 4.79 Å². The molecular weight excluding hydrogens is 414 g/mol. The Morgan fingerprint density at radius 3 is 2.72 bits per heavy atom. The van der Waals surface area contributed by atoms with Crippen LogP contribution in [0.2, 0.25) is 5.02 Å². The number of hydrogen-bond donors (Lipinski definition) is 1. The smallest absolute Gasteiger partial charge is 0.283 e. The lowest BCUT2D eigenvalue weighted by Gasteiger charge is -2.20. The Kier molecular flexibility index (Phi) is 4.93. The van der Waals surface area contributed by atoms with Crippen molar-refractivity contribution in [1.82, 2.24) is 9.58 Å². The number of amides is 1. The van der Waals surface area contributed by atoms with Crippen molar-refractivity contribution in [3.05, 3.63) is 46.8 Å². The van der Waals surface area contributed by atoms with E-state index >= 15 is 0 Å². The van der Waals surface area contributed by atoms with Gasteiger partial charge >= 0.3 is 0 Å². The minimum absolute atomic E-state index is 0.0168. The van der Waals surface area contributed by atoms with Gasteiger partial charge in [0.05, 0.1) is 35.5 Å². The van der Waals surface area contributed by atoms with Crippen molar-refractivity contribution in [3.63, 3.8) is 0 Å². The predicted molar refractivity (Wildman–Crippen MR) is 115 cm³/mol. The summed E-state index contributed by atoms with van der Waals surface area (Å²) < 4.78 is 12.5. The van der Waals surface area contributed by atoms with E-state index in [4.69, 9.17) is 26.5 Å². The van der Waals surface area contributed by atoms with Gasteiger partial charge in [-0.2, -0.15) is 15.1 Å². The van der Waals surface area contributed by atoms with E-state index in [2.05, 4.69) is 10.1 Å². The molecule has 0 fully saturated rings. The topological polar surface area (TPSA) is 92.3 Å². The third-order valence-electron chi connectivity index (χ3n) is 4.34. The van der Waals surface area contributed by atoms with Gasteiger partial charge in [0.1, 0.15) is 11.5 Å². The molecule has 0 atom stereocenters. The molecule has 1 amide bonds. The van der Waals surface area contributed by atoms with Crippen molar-refractivity contribution in [2.24, 2.45) is 10.1 Å². The number of rotatable bonds is 4. The van der Waals surface area contributed by atoms with Crippen molar-refractivity contribution < 1.29 is 14.3 Å². The molecule has 0 radical (unpaired) electrons. The van der Waals surface area contributed by atoms with Crippen LogP contribution in [0.15, 0.2) is 46.1 Å². The molecule has 1 N–H and O–H groups in total. The molecule has 2 aromatic rings. The molecule has 0 spiro atoms. The number of ether oxygens (including phenoxy) is 2. The Labute approximate surface area is 176 Å². The molecule has 0 saturated carbocycles. The fraction of sp³-hybridized carbons (Fsp3) is 0.158. The number of hydrazone groups is 1. The first kappa shape index (κ1) is 19.3. The van der Waals surface area contributed by atoms with E-state index in [1.165, 1.54) is 23.9 Å². The Hall–Kier alpha value is -3.04.